The molecule has 2 aromatic heterocycles. The van der Waals surface area contributed by atoms with E-state index in [0.29, 0.717) is 17.7 Å². The van der Waals surface area contributed by atoms with E-state index in [0.717, 1.165) is 6.07 Å². The number of hydrogen-bond acceptors (Lipinski definition) is 6. The zero-order valence-electron chi connectivity index (χ0n) is 21.5. The molecule has 4 rings (SSSR count). The number of pyridine rings is 1. The molecule has 0 aliphatic carbocycles. The number of hydrogen-bond donors (Lipinski definition) is 1. The Labute approximate surface area is 219 Å². The van der Waals surface area contributed by atoms with Crippen LogP contribution in [0, 0.1) is 13.8 Å². The summed E-state index contributed by atoms with van der Waals surface area (Å²) in [5.41, 5.74) is 0.124. The van der Waals surface area contributed by atoms with Gasteiger partial charge in [-0.3, -0.25) is 4.79 Å². The van der Waals surface area contributed by atoms with E-state index in [4.69, 9.17) is 0 Å². The number of carbonyl (C=O) groups excluding carboxylic acids is 1. The summed E-state index contributed by atoms with van der Waals surface area (Å²) in [6.07, 6.45) is -7.66. The lowest BCUT2D eigenvalue weighted by atomic mass is 9.97. The summed E-state index contributed by atoms with van der Waals surface area (Å²) in [6.45, 7) is 6.45. The Morgan fingerprint density at radius 3 is 2.41 bits per heavy atom. The number of benzene rings is 1. The molecule has 1 atom stereocenters. The summed E-state index contributed by atoms with van der Waals surface area (Å²) in [4.78, 5) is 25.8. The standard InChI is InChI=1S/C26H25F6N5O2/c1-13-18(6-5-7-21(13)25(27,28)29)14(2)33-22-20-12-19(17-8-10-37(11-9-17)16(4)38)24(39-26(30,31)32)36-23(20)35-15(3)34-22/h5-8,12,14H,9-11H2,1-4H3,(H,33,34,35,36)/t14-/m1/s1. The molecule has 1 aliphatic heterocycles. The van der Waals surface area contributed by atoms with E-state index in [9.17, 15) is 31.1 Å². The average Bonchev–Trinajstić information content (AvgIpc) is 2.82. The second-order valence-electron chi connectivity index (χ2n) is 9.21. The van der Waals surface area contributed by atoms with Crippen molar-refractivity contribution in [3.05, 3.63) is 58.4 Å². The van der Waals surface area contributed by atoms with Gasteiger partial charge in [-0.1, -0.05) is 18.2 Å². The number of anilines is 1. The first-order valence-corrected chi connectivity index (χ1v) is 12.0. The molecule has 13 heteroatoms. The predicted octanol–water partition coefficient (Wildman–Crippen LogP) is 6.37. The van der Waals surface area contributed by atoms with Crippen LogP contribution in [0.25, 0.3) is 16.6 Å². The molecule has 0 unspecified atom stereocenters. The van der Waals surface area contributed by atoms with Crippen molar-refractivity contribution in [3.8, 4) is 5.88 Å². The minimum absolute atomic E-state index is 0.0437. The number of nitrogens with one attached hydrogen (secondary N) is 1. The van der Waals surface area contributed by atoms with Gasteiger partial charge in [0.2, 0.25) is 11.8 Å². The van der Waals surface area contributed by atoms with Gasteiger partial charge < -0.3 is 15.0 Å². The zero-order chi connectivity index (χ0) is 28.7. The fourth-order valence-corrected chi connectivity index (χ4v) is 4.59. The van der Waals surface area contributed by atoms with Crippen LogP contribution in [0.15, 0.2) is 30.3 Å². The Balaban J connectivity index is 1.81. The summed E-state index contributed by atoms with van der Waals surface area (Å²) in [5.74, 6) is -0.479. The lowest BCUT2D eigenvalue weighted by Crippen LogP contribution is -2.32. The number of nitrogens with zero attached hydrogens (tertiary/aromatic N) is 4. The fourth-order valence-electron chi connectivity index (χ4n) is 4.59. The van der Waals surface area contributed by atoms with Crippen molar-refractivity contribution in [2.75, 3.05) is 18.4 Å². The molecule has 3 heterocycles. The minimum Gasteiger partial charge on any atom is -0.387 e. The van der Waals surface area contributed by atoms with Crippen LogP contribution in [0.2, 0.25) is 0 Å². The summed E-state index contributed by atoms with van der Waals surface area (Å²) < 4.78 is 84.4. The maximum Gasteiger partial charge on any atom is 0.574 e. The van der Waals surface area contributed by atoms with Gasteiger partial charge in [0.1, 0.15) is 11.6 Å². The van der Waals surface area contributed by atoms with Crippen molar-refractivity contribution >= 4 is 28.3 Å². The van der Waals surface area contributed by atoms with Gasteiger partial charge in [0.15, 0.2) is 5.65 Å². The van der Waals surface area contributed by atoms with Gasteiger partial charge in [-0.2, -0.15) is 18.2 Å². The SMILES string of the molecule is CC(=O)N1CC=C(c2cc3c(N[C@H](C)c4cccc(C(F)(F)F)c4C)nc(C)nc3nc2OC(F)(F)F)CC1. The molecule has 7 nitrogen and oxygen atoms in total. The zero-order valence-corrected chi connectivity index (χ0v) is 21.5. The Morgan fingerprint density at radius 2 is 1.82 bits per heavy atom. The monoisotopic (exact) mass is 553 g/mol. The highest BCUT2D eigenvalue weighted by molar-refractivity contribution is 5.91. The molecule has 0 radical (unpaired) electrons. The summed E-state index contributed by atoms with van der Waals surface area (Å²) in [5, 5.41) is 3.35. The summed E-state index contributed by atoms with van der Waals surface area (Å²) in [6, 6.07) is 4.64. The first kappa shape index (κ1) is 28.1. The smallest absolute Gasteiger partial charge is 0.387 e. The summed E-state index contributed by atoms with van der Waals surface area (Å²) >= 11 is 0. The molecule has 3 aromatic rings. The van der Waals surface area contributed by atoms with Crippen LogP contribution in [-0.4, -0.2) is 45.2 Å². The molecule has 0 bridgehead atoms. The van der Waals surface area contributed by atoms with Crippen LogP contribution >= 0.6 is 0 Å². The Morgan fingerprint density at radius 1 is 1.10 bits per heavy atom. The van der Waals surface area contributed by atoms with Crippen LogP contribution in [-0.2, 0) is 11.0 Å². The lowest BCUT2D eigenvalue weighted by Gasteiger charge is -2.26. The first-order valence-electron chi connectivity index (χ1n) is 12.0. The lowest BCUT2D eigenvalue weighted by molar-refractivity contribution is -0.276. The Hall–Kier alpha value is -3.90. The van der Waals surface area contributed by atoms with Crippen LogP contribution in [0.5, 0.6) is 5.88 Å². The average molecular weight is 554 g/mol. The van der Waals surface area contributed by atoms with Crippen molar-refractivity contribution in [1.82, 2.24) is 19.9 Å². The second-order valence-corrected chi connectivity index (χ2v) is 9.21. The number of carbonyl (C=O) groups is 1. The molecular formula is C26H25F6N5O2. The first-order chi connectivity index (χ1) is 18.1. The number of amides is 1. The van der Waals surface area contributed by atoms with E-state index in [1.54, 1.807) is 24.0 Å². The number of fused-ring (bicyclic) bond motifs is 1. The van der Waals surface area contributed by atoms with E-state index in [1.807, 2.05) is 0 Å². The van der Waals surface area contributed by atoms with Crippen molar-refractivity contribution in [2.45, 2.75) is 52.7 Å². The van der Waals surface area contributed by atoms with E-state index in [1.165, 1.54) is 32.9 Å². The van der Waals surface area contributed by atoms with Crippen molar-refractivity contribution in [2.24, 2.45) is 0 Å². The van der Waals surface area contributed by atoms with Gasteiger partial charge in [0.05, 0.1) is 17.0 Å². The molecule has 208 valence electrons. The quantitative estimate of drug-likeness (QED) is 0.370. The molecule has 1 aromatic carbocycles. The highest BCUT2D eigenvalue weighted by Crippen LogP contribution is 2.38. The van der Waals surface area contributed by atoms with E-state index in [2.05, 4.69) is 25.0 Å². The Kier molecular flexibility index (Phi) is 7.46. The molecular weight excluding hydrogens is 528 g/mol. The van der Waals surface area contributed by atoms with Crippen LogP contribution in [0.1, 0.15) is 54.4 Å². The Bertz CT molecular complexity index is 1450. The second kappa shape index (κ2) is 10.3. The van der Waals surface area contributed by atoms with Crippen LogP contribution in [0.3, 0.4) is 0 Å². The van der Waals surface area contributed by atoms with Gasteiger partial charge in [0, 0.05) is 25.6 Å². The van der Waals surface area contributed by atoms with Crippen molar-refractivity contribution in [3.63, 3.8) is 0 Å². The maximum atomic E-state index is 13.5. The number of rotatable bonds is 5. The highest BCUT2D eigenvalue weighted by Gasteiger charge is 2.35. The molecule has 0 saturated carbocycles. The number of halogens is 6. The highest BCUT2D eigenvalue weighted by atomic mass is 19.4. The van der Waals surface area contributed by atoms with Crippen molar-refractivity contribution in [1.29, 1.82) is 0 Å². The fraction of sp³-hybridized carbons (Fsp3) is 0.385. The molecule has 0 saturated heterocycles. The van der Waals surface area contributed by atoms with E-state index < -0.39 is 30.0 Å². The molecule has 1 amide bonds. The van der Waals surface area contributed by atoms with E-state index in [-0.39, 0.29) is 52.7 Å². The third-order valence-corrected chi connectivity index (χ3v) is 6.48. The van der Waals surface area contributed by atoms with E-state index >= 15 is 0 Å². The maximum absolute atomic E-state index is 13.5. The topological polar surface area (TPSA) is 80.2 Å². The normalized spacial score (nSPS) is 15.2. The number of alkyl halides is 6. The van der Waals surface area contributed by atoms with Gasteiger partial charge in [-0.25, -0.2) is 9.97 Å². The predicted molar refractivity (Wildman–Crippen MR) is 132 cm³/mol. The van der Waals surface area contributed by atoms with Gasteiger partial charge in [-0.05, 0) is 56.0 Å². The van der Waals surface area contributed by atoms with Crippen LogP contribution < -0.4 is 10.1 Å². The molecule has 1 aliphatic rings. The number of ether oxygens (including phenoxy) is 1. The molecule has 1 N–H and O–H groups in total. The minimum atomic E-state index is -5.02. The van der Waals surface area contributed by atoms with Crippen molar-refractivity contribution < 1.29 is 35.9 Å². The van der Waals surface area contributed by atoms with Gasteiger partial charge in [-0.15, -0.1) is 13.2 Å². The number of aromatic nitrogens is 3. The molecule has 0 spiro atoms. The van der Waals surface area contributed by atoms with Gasteiger partial charge in [0.25, 0.3) is 0 Å². The third kappa shape index (κ3) is 6.23. The third-order valence-electron chi connectivity index (χ3n) is 6.48. The molecule has 0 fully saturated rings. The van der Waals surface area contributed by atoms with Gasteiger partial charge >= 0.3 is 12.5 Å². The van der Waals surface area contributed by atoms with Crippen LogP contribution in [0.4, 0.5) is 32.2 Å². The molecule has 39 heavy (non-hydrogen) atoms. The largest absolute Gasteiger partial charge is 0.574 e. The summed E-state index contributed by atoms with van der Waals surface area (Å²) in [7, 11) is 0. The number of aryl methyl sites for hydroxylation is 1.